The average Bonchev–Trinajstić information content (AvgIpc) is 2.78. The number of allylic oxidation sites excluding steroid dienone is 1. The van der Waals surface area contributed by atoms with Crippen molar-refractivity contribution >= 4 is 35.1 Å². The number of hydrogen-bond donors (Lipinski definition) is 1. The SMILES string of the molecule is C=CNC(=O)/C=C(\C)C(F)(F)F.CC.CC(=O)COc1ncccc1Sc1cc(C)c(F)cc1Cl. The molecule has 1 aromatic heterocycles. The van der Waals surface area contributed by atoms with Crippen molar-refractivity contribution in [3.8, 4) is 5.88 Å². The highest BCUT2D eigenvalue weighted by Gasteiger charge is 2.30. The number of ether oxygens (including phenoxy) is 1. The number of pyridine rings is 1. The van der Waals surface area contributed by atoms with E-state index in [1.54, 1.807) is 25.3 Å². The summed E-state index contributed by atoms with van der Waals surface area (Å²) in [6.07, 6.45) is -1.38. The van der Waals surface area contributed by atoms with Crippen LogP contribution in [0.5, 0.6) is 5.88 Å². The summed E-state index contributed by atoms with van der Waals surface area (Å²) in [5.74, 6) is -0.911. The topological polar surface area (TPSA) is 68.3 Å². The van der Waals surface area contributed by atoms with Gasteiger partial charge < -0.3 is 10.1 Å². The minimum atomic E-state index is -4.45. The van der Waals surface area contributed by atoms with E-state index in [9.17, 15) is 27.2 Å². The minimum absolute atomic E-state index is 0.0409. The molecule has 1 N–H and O–H groups in total. The first-order chi connectivity index (χ1) is 16.3. The number of hydrogen-bond acceptors (Lipinski definition) is 5. The van der Waals surface area contributed by atoms with Gasteiger partial charge in [0.25, 0.3) is 0 Å². The molecule has 1 aromatic carbocycles. The smallest absolute Gasteiger partial charge is 0.412 e. The van der Waals surface area contributed by atoms with Gasteiger partial charge in [0.2, 0.25) is 11.8 Å². The lowest BCUT2D eigenvalue weighted by Crippen LogP contribution is -2.17. The van der Waals surface area contributed by atoms with Crippen LogP contribution in [0.15, 0.2) is 64.7 Å². The Morgan fingerprint density at radius 1 is 1.23 bits per heavy atom. The predicted octanol–water partition coefficient (Wildman–Crippen LogP) is 7.08. The molecule has 1 heterocycles. The number of carbonyl (C=O) groups excluding carboxylic acids is 2. The van der Waals surface area contributed by atoms with Gasteiger partial charge in [-0.3, -0.25) is 9.59 Å². The van der Waals surface area contributed by atoms with Crippen LogP contribution in [0, 0.1) is 12.7 Å². The van der Waals surface area contributed by atoms with Gasteiger partial charge in [-0.25, -0.2) is 9.37 Å². The van der Waals surface area contributed by atoms with Gasteiger partial charge in [0.15, 0.2) is 5.78 Å². The van der Waals surface area contributed by atoms with E-state index in [2.05, 4.69) is 11.6 Å². The van der Waals surface area contributed by atoms with E-state index in [1.807, 2.05) is 25.2 Å². The second-order valence-electron chi connectivity index (χ2n) is 6.47. The van der Waals surface area contributed by atoms with Crippen LogP contribution in [-0.4, -0.2) is 29.5 Å². The molecule has 11 heteroatoms. The molecule has 2 rings (SSSR count). The number of aryl methyl sites for hydroxylation is 1. The van der Waals surface area contributed by atoms with Crippen molar-refractivity contribution in [2.24, 2.45) is 0 Å². The molecular weight excluding hydrogens is 508 g/mol. The highest BCUT2D eigenvalue weighted by Crippen LogP contribution is 2.38. The summed E-state index contributed by atoms with van der Waals surface area (Å²) >= 11 is 7.37. The van der Waals surface area contributed by atoms with Crippen molar-refractivity contribution in [3.05, 3.63) is 71.3 Å². The maximum absolute atomic E-state index is 13.4. The Morgan fingerprint density at radius 2 is 1.86 bits per heavy atom. The average molecular weight is 535 g/mol. The number of Topliss-reactive ketones (excluding diaryl/α,β-unsaturated/α-hetero) is 1. The van der Waals surface area contributed by atoms with Crippen LogP contribution in [0.3, 0.4) is 0 Å². The van der Waals surface area contributed by atoms with Crippen molar-refractivity contribution in [2.45, 2.75) is 50.6 Å². The zero-order valence-electron chi connectivity index (χ0n) is 19.9. The second-order valence-corrected chi connectivity index (χ2v) is 7.96. The number of ketones is 1. The molecule has 0 saturated heterocycles. The standard InChI is InChI=1S/C15H13ClFNO2S.C7H8F3NO.C2H6/c1-9-6-14(11(16)7-12(9)17)21-13-4-3-5-18-15(13)20-8-10(2)19;1-3-11-6(12)4-5(2)7(8,9)10;1-2/h3-7H,8H2,1-2H3;3-4H,1H2,2H3,(H,11,12);1-2H3/b;5-4+;. The number of benzene rings is 1. The van der Waals surface area contributed by atoms with Crippen LogP contribution in [0.4, 0.5) is 17.6 Å². The lowest BCUT2D eigenvalue weighted by molar-refractivity contribution is -0.119. The Kier molecular flexibility index (Phi) is 14.6. The number of alkyl halides is 3. The molecule has 0 unspecified atom stereocenters. The Hall–Kier alpha value is -2.85. The van der Waals surface area contributed by atoms with E-state index >= 15 is 0 Å². The van der Waals surface area contributed by atoms with Gasteiger partial charge in [0.1, 0.15) is 12.4 Å². The van der Waals surface area contributed by atoms with Crippen molar-refractivity contribution in [2.75, 3.05) is 6.61 Å². The molecule has 0 atom stereocenters. The highest BCUT2D eigenvalue weighted by molar-refractivity contribution is 7.99. The van der Waals surface area contributed by atoms with Gasteiger partial charge in [-0.2, -0.15) is 13.2 Å². The number of nitrogens with one attached hydrogen (secondary N) is 1. The molecule has 0 spiro atoms. The van der Waals surface area contributed by atoms with E-state index in [4.69, 9.17) is 16.3 Å². The third-order valence-electron chi connectivity index (χ3n) is 3.62. The molecule has 0 aliphatic carbocycles. The summed E-state index contributed by atoms with van der Waals surface area (Å²) in [5.41, 5.74) is -0.432. The number of halogens is 5. The molecule has 0 aliphatic rings. The molecule has 0 fully saturated rings. The largest absolute Gasteiger partial charge is 0.469 e. The first-order valence-corrected chi connectivity index (χ1v) is 11.4. The molecule has 5 nitrogen and oxygen atoms in total. The molecule has 0 aliphatic heterocycles. The molecule has 0 bridgehead atoms. The van der Waals surface area contributed by atoms with Crippen LogP contribution in [0.25, 0.3) is 0 Å². The fourth-order valence-corrected chi connectivity index (χ4v) is 3.22. The summed E-state index contributed by atoms with van der Waals surface area (Å²) < 4.78 is 54.1. The van der Waals surface area contributed by atoms with Gasteiger partial charge in [0.05, 0.1) is 9.92 Å². The molecular formula is C24H27ClF4N2O3S. The minimum Gasteiger partial charge on any atom is -0.469 e. The Bertz CT molecular complexity index is 1040. The second kappa shape index (κ2) is 15.9. The molecule has 0 radical (unpaired) electrons. The quantitative estimate of drug-likeness (QED) is 0.303. The molecule has 1 amide bonds. The van der Waals surface area contributed by atoms with Crippen molar-refractivity contribution in [3.63, 3.8) is 0 Å². The van der Waals surface area contributed by atoms with Crippen LogP contribution in [0.1, 0.15) is 33.3 Å². The van der Waals surface area contributed by atoms with Crippen LogP contribution < -0.4 is 10.1 Å². The van der Waals surface area contributed by atoms with E-state index < -0.39 is 17.7 Å². The summed E-state index contributed by atoms with van der Waals surface area (Å²) in [4.78, 5) is 27.1. The van der Waals surface area contributed by atoms with E-state index in [0.29, 0.717) is 32.3 Å². The third-order valence-corrected chi connectivity index (χ3v) is 5.13. The first-order valence-electron chi connectivity index (χ1n) is 10.2. The molecule has 2 aromatic rings. The molecule has 35 heavy (non-hydrogen) atoms. The number of amides is 1. The van der Waals surface area contributed by atoms with Gasteiger partial charge in [-0.15, -0.1) is 0 Å². The van der Waals surface area contributed by atoms with E-state index in [0.717, 1.165) is 13.1 Å². The van der Waals surface area contributed by atoms with Crippen LogP contribution in [-0.2, 0) is 9.59 Å². The number of rotatable bonds is 7. The Labute approximate surface area is 211 Å². The monoisotopic (exact) mass is 534 g/mol. The van der Waals surface area contributed by atoms with Crippen molar-refractivity contribution in [1.82, 2.24) is 10.3 Å². The normalized spacial score (nSPS) is 10.7. The van der Waals surface area contributed by atoms with E-state index in [1.165, 1.54) is 24.8 Å². The van der Waals surface area contributed by atoms with Gasteiger partial charge >= 0.3 is 6.18 Å². The molecule has 192 valence electrons. The van der Waals surface area contributed by atoms with Gasteiger partial charge in [0, 0.05) is 22.7 Å². The first kappa shape index (κ1) is 32.1. The van der Waals surface area contributed by atoms with Crippen LogP contribution in [0.2, 0.25) is 5.02 Å². The summed E-state index contributed by atoms with van der Waals surface area (Å²) in [6.45, 7) is 11.0. The summed E-state index contributed by atoms with van der Waals surface area (Å²) in [5, 5.41) is 2.32. The zero-order valence-corrected chi connectivity index (χ0v) is 21.5. The highest BCUT2D eigenvalue weighted by atomic mass is 35.5. The predicted molar refractivity (Wildman–Crippen MR) is 130 cm³/mol. The van der Waals surface area contributed by atoms with Crippen molar-refractivity contribution < 1.29 is 31.9 Å². The fourth-order valence-electron chi connectivity index (χ4n) is 1.98. The summed E-state index contributed by atoms with van der Waals surface area (Å²) in [7, 11) is 0. The third kappa shape index (κ3) is 12.4. The number of nitrogens with zero attached hydrogens (tertiary/aromatic N) is 1. The zero-order chi connectivity index (χ0) is 27.2. The molecule has 0 saturated carbocycles. The Morgan fingerprint density at radius 3 is 2.40 bits per heavy atom. The Balaban J connectivity index is 0.000000707. The fraction of sp³-hybridized carbons (Fsp3) is 0.292. The van der Waals surface area contributed by atoms with Gasteiger partial charge in [-0.05, 0) is 56.8 Å². The lowest BCUT2D eigenvalue weighted by atomic mass is 10.2. The van der Waals surface area contributed by atoms with Crippen LogP contribution >= 0.6 is 23.4 Å². The lowest BCUT2D eigenvalue weighted by Gasteiger charge is -2.10. The van der Waals surface area contributed by atoms with Crippen molar-refractivity contribution in [1.29, 1.82) is 0 Å². The maximum atomic E-state index is 13.4. The van der Waals surface area contributed by atoms with E-state index in [-0.39, 0.29) is 18.2 Å². The number of aromatic nitrogens is 1. The maximum Gasteiger partial charge on any atom is 0.412 e. The summed E-state index contributed by atoms with van der Waals surface area (Å²) in [6, 6.07) is 6.52. The van der Waals surface area contributed by atoms with Gasteiger partial charge in [-0.1, -0.05) is 43.8 Å². The number of carbonyl (C=O) groups is 2.